The molecule has 4 N–H and O–H groups in total. The third-order valence-electron chi connectivity index (χ3n) is 2.00. The normalized spacial score (nSPS) is 10.2. The quantitative estimate of drug-likeness (QED) is 0.391. The van der Waals surface area contributed by atoms with Crippen LogP contribution in [-0.4, -0.2) is 39.3 Å². The van der Waals surface area contributed by atoms with E-state index < -0.39 is 0 Å². The van der Waals surface area contributed by atoms with E-state index in [0.29, 0.717) is 0 Å². The molecule has 0 saturated carbocycles. The average molecular weight is 382 g/mol. The Bertz CT molecular complexity index is 435. The van der Waals surface area contributed by atoms with Gasteiger partial charge in [0.25, 0.3) is 0 Å². The SMILES string of the molecule is CC(=N)[Se]Cc1cc(Cl)ccc1C[Se]C(=N)N. The Morgan fingerprint density at radius 1 is 1.24 bits per heavy atom. The summed E-state index contributed by atoms with van der Waals surface area (Å²) in [7, 11) is 0. The first kappa shape index (κ1) is 14.7. The number of hydrogen-bond donors (Lipinski definition) is 3. The van der Waals surface area contributed by atoms with Crippen molar-refractivity contribution in [3.63, 3.8) is 0 Å². The molecule has 0 aliphatic rings. The van der Waals surface area contributed by atoms with Gasteiger partial charge < -0.3 is 0 Å². The van der Waals surface area contributed by atoms with E-state index in [2.05, 4.69) is 0 Å². The van der Waals surface area contributed by atoms with Crippen molar-refractivity contribution in [3.05, 3.63) is 34.3 Å². The van der Waals surface area contributed by atoms with Gasteiger partial charge >= 0.3 is 119 Å². The van der Waals surface area contributed by atoms with Crippen molar-refractivity contribution < 1.29 is 0 Å². The Balaban J connectivity index is 2.79. The summed E-state index contributed by atoms with van der Waals surface area (Å²) in [5.41, 5.74) is 7.81. The Labute approximate surface area is 119 Å². The molecular formula is C11H14ClN3Se2. The average Bonchev–Trinajstić information content (AvgIpc) is 2.24. The first-order valence-corrected chi connectivity index (χ1v) is 9.42. The monoisotopic (exact) mass is 383 g/mol. The van der Waals surface area contributed by atoms with Gasteiger partial charge in [-0.2, -0.15) is 0 Å². The van der Waals surface area contributed by atoms with Crippen molar-refractivity contribution in [1.82, 2.24) is 0 Å². The van der Waals surface area contributed by atoms with Gasteiger partial charge in [0, 0.05) is 0 Å². The van der Waals surface area contributed by atoms with E-state index in [-0.39, 0.29) is 34.6 Å². The zero-order chi connectivity index (χ0) is 12.8. The maximum atomic E-state index is 7.48. The first-order valence-electron chi connectivity index (χ1n) is 4.91. The second-order valence-electron chi connectivity index (χ2n) is 3.41. The predicted octanol–water partition coefficient (Wildman–Crippen LogP) is 1.64. The van der Waals surface area contributed by atoms with Crippen LogP contribution in [0.1, 0.15) is 18.1 Å². The molecule has 0 spiro atoms. The number of halogens is 1. The summed E-state index contributed by atoms with van der Waals surface area (Å²) >= 11 is 6.21. The number of amidine groups is 1. The van der Waals surface area contributed by atoms with E-state index in [1.165, 1.54) is 11.1 Å². The number of nitrogens with two attached hydrogens (primary N) is 1. The van der Waals surface area contributed by atoms with Crippen LogP contribution in [0.2, 0.25) is 5.02 Å². The van der Waals surface area contributed by atoms with Crippen LogP contribution in [0.3, 0.4) is 0 Å². The summed E-state index contributed by atoms with van der Waals surface area (Å²) in [6.07, 6.45) is 0. The van der Waals surface area contributed by atoms with Crippen LogP contribution in [0, 0.1) is 10.8 Å². The third kappa shape index (κ3) is 5.71. The van der Waals surface area contributed by atoms with E-state index in [1.807, 2.05) is 25.1 Å². The van der Waals surface area contributed by atoms with Crippen LogP contribution in [0.4, 0.5) is 0 Å². The molecule has 3 nitrogen and oxygen atoms in total. The van der Waals surface area contributed by atoms with Crippen LogP contribution in [0.25, 0.3) is 0 Å². The fraction of sp³-hybridized carbons (Fsp3) is 0.273. The van der Waals surface area contributed by atoms with Gasteiger partial charge in [-0.05, 0) is 0 Å². The standard InChI is InChI=1S/C11H14ClN3Se2/c1-7(13)16-6-9-4-10(12)3-2-8(9)5-17-11(14)15/h2-4,13H,5-6H2,1H3,(H3,14,15). The molecule has 0 bridgehead atoms. The van der Waals surface area contributed by atoms with Crippen LogP contribution in [0.5, 0.6) is 0 Å². The Kier molecular flexibility index (Phi) is 6.24. The van der Waals surface area contributed by atoms with Gasteiger partial charge in [0.05, 0.1) is 0 Å². The summed E-state index contributed by atoms with van der Waals surface area (Å²) in [5.74, 6) is 0. The molecule has 0 amide bonds. The number of benzene rings is 1. The van der Waals surface area contributed by atoms with E-state index in [4.69, 9.17) is 28.2 Å². The number of nitrogens with one attached hydrogen (secondary N) is 2. The molecule has 6 heteroatoms. The molecule has 0 atom stereocenters. The van der Waals surface area contributed by atoms with Crippen molar-refractivity contribution in [2.75, 3.05) is 0 Å². The van der Waals surface area contributed by atoms with Crippen LogP contribution >= 0.6 is 11.6 Å². The van der Waals surface area contributed by atoms with Gasteiger partial charge in [0.2, 0.25) is 0 Å². The van der Waals surface area contributed by atoms with Gasteiger partial charge in [-0.25, -0.2) is 0 Å². The van der Waals surface area contributed by atoms with Crippen molar-refractivity contribution in [2.24, 2.45) is 5.73 Å². The minimum absolute atomic E-state index is 0.0231. The summed E-state index contributed by atoms with van der Waals surface area (Å²) in [5, 5.41) is 17.2. The van der Waals surface area contributed by atoms with Crippen LogP contribution in [0.15, 0.2) is 18.2 Å². The van der Waals surface area contributed by atoms with Gasteiger partial charge in [0.1, 0.15) is 0 Å². The first-order chi connectivity index (χ1) is 7.99. The fourth-order valence-electron chi connectivity index (χ4n) is 1.21. The minimum atomic E-state index is 0.0231. The van der Waals surface area contributed by atoms with Crippen molar-refractivity contribution in [2.45, 2.75) is 17.6 Å². The summed E-state index contributed by atoms with van der Waals surface area (Å²) in [4.78, 5) is 0. The molecule has 0 radical (unpaired) electrons. The Morgan fingerprint density at radius 2 is 1.88 bits per heavy atom. The van der Waals surface area contributed by atoms with Crippen LogP contribution in [-0.2, 0) is 10.6 Å². The second-order valence-corrected chi connectivity index (χ2v) is 8.48. The van der Waals surface area contributed by atoms with E-state index in [0.717, 1.165) is 20.3 Å². The summed E-state index contributed by atoms with van der Waals surface area (Å²) in [6, 6.07) is 5.86. The van der Waals surface area contributed by atoms with Gasteiger partial charge in [-0.3, -0.25) is 0 Å². The number of rotatable bonds is 6. The molecule has 0 aromatic heterocycles. The molecule has 1 aromatic carbocycles. The predicted molar refractivity (Wildman–Crippen MR) is 75.7 cm³/mol. The van der Waals surface area contributed by atoms with Crippen molar-refractivity contribution in [1.29, 1.82) is 10.8 Å². The number of hydrogen-bond acceptors (Lipinski definition) is 2. The molecule has 17 heavy (non-hydrogen) atoms. The molecule has 92 valence electrons. The van der Waals surface area contributed by atoms with Gasteiger partial charge in [-0.15, -0.1) is 0 Å². The molecule has 0 saturated heterocycles. The second kappa shape index (κ2) is 7.20. The molecule has 0 heterocycles. The molecule has 0 fully saturated rings. The Hall–Kier alpha value is -0.311. The molecule has 0 unspecified atom stereocenters. The molecule has 1 aromatic rings. The van der Waals surface area contributed by atoms with Crippen LogP contribution < -0.4 is 5.73 Å². The molecule has 1 rings (SSSR count). The van der Waals surface area contributed by atoms with Crippen molar-refractivity contribution in [3.8, 4) is 0 Å². The maximum absolute atomic E-state index is 7.48. The summed E-state index contributed by atoms with van der Waals surface area (Å²) in [6.45, 7) is 1.84. The fourth-order valence-corrected chi connectivity index (χ4v) is 3.99. The van der Waals surface area contributed by atoms with Crippen molar-refractivity contribution >= 4 is 50.9 Å². The Morgan fingerprint density at radius 3 is 2.47 bits per heavy atom. The van der Waals surface area contributed by atoms with Gasteiger partial charge in [-0.1, -0.05) is 0 Å². The van der Waals surface area contributed by atoms with E-state index >= 15 is 0 Å². The molecular weight excluding hydrogens is 368 g/mol. The topological polar surface area (TPSA) is 73.7 Å². The molecule has 0 aliphatic carbocycles. The van der Waals surface area contributed by atoms with E-state index in [9.17, 15) is 0 Å². The zero-order valence-corrected chi connectivity index (χ0v) is 13.6. The van der Waals surface area contributed by atoms with E-state index in [1.54, 1.807) is 0 Å². The summed E-state index contributed by atoms with van der Waals surface area (Å²) < 4.78 is 1.01. The van der Waals surface area contributed by atoms with Gasteiger partial charge in [0.15, 0.2) is 0 Å². The molecule has 0 aliphatic heterocycles. The third-order valence-corrected chi connectivity index (χ3v) is 5.70. The zero-order valence-electron chi connectivity index (χ0n) is 9.42.